The Morgan fingerprint density at radius 3 is 2.62 bits per heavy atom. The standard InChI is InChI=1S/C48H60N8O7/c1-9-55-40-15-14-31-22-36(40)37(44(55)35-12-10-16-50-42(35)29(4)62-8)24-48(5,6)26-63-47(61)38-13-11-17-56(53-38)46(60)39(20-30-18-32(31)21-34(57)19-30)52-45(59)43(28(2)3)54(7)41(58)23-33-25-49-27-51-33/h10,12,14-16,18-19,21-22,25,27-29,38-39,43,53,57H,9,11,13,17,20,23-24,26H2,1-8H3,(H,49,51)(H,52,59)/t29-,38-,39-,43?/m0/s1. The van der Waals surface area contributed by atoms with Gasteiger partial charge in [0.25, 0.3) is 5.91 Å². The van der Waals surface area contributed by atoms with Crippen molar-refractivity contribution in [2.24, 2.45) is 11.3 Å². The molecule has 7 rings (SSSR count). The Bertz CT molecular complexity index is 2480. The molecule has 3 aromatic heterocycles. The monoisotopic (exact) mass is 860 g/mol. The third-order valence-electron chi connectivity index (χ3n) is 12.3. The van der Waals surface area contributed by atoms with Crippen molar-refractivity contribution in [1.29, 1.82) is 0 Å². The SMILES string of the molecule is CCn1c(-c2cccnc2[C@H](C)OC)c2c3cc(ccc31)-c1cc(O)cc(c1)C[C@H](NC(=O)C(C(C)C)N(C)C(=O)Cc1cnc[nH]1)C(=O)N1CCC[C@H](N1)C(=O)OCC(C)(C)C2. The molecule has 0 spiro atoms. The van der Waals surface area contributed by atoms with Gasteiger partial charge < -0.3 is 34.3 Å². The van der Waals surface area contributed by atoms with Gasteiger partial charge in [0, 0.05) is 73.6 Å². The first-order chi connectivity index (χ1) is 30.1. The molecule has 0 saturated carbocycles. The number of nitrogens with one attached hydrogen (secondary N) is 3. The summed E-state index contributed by atoms with van der Waals surface area (Å²) in [5, 5.41) is 16.7. The van der Waals surface area contributed by atoms with Crippen LogP contribution < -0.4 is 10.7 Å². The molecule has 0 radical (unpaired) electrons. The van der Waals surface area contributed by atoms with Crippen molar-refractivity contribution in [1.82, 2.24) is 40.2 Å². The highest BCUT2D eigenvalue weighted by Gasteiger charge is 2.38. The molecular weight excluding hydrogens is 801 g/mol. The van der Waals surface area contributed by atoms with Crippen molar-refractivity contribution >= 4 is 34.6 Å². The van der Waals surface area contributed by atoms with E-state index in [4.69, 9.17) is 14.5 Å². The molecule has 5 heterocycles. The van der Waals surface area contributed by atoms with Gasteiger partial charge in [-0.15, -0.1) is 0 Å². The summed E-state index contributed by atoms with van der Waals surface area (Å²) >= 11 is 0. The number of phenolic OH excluding ortho intramolecular Hbond substituents is 1. The zero-order valence-electron chi connectivity index (χ0n) is 37.5. The van der Waals surface area contributed by atoms with Crippen molar-refractivity contribution in [3.63, 3.8) is 0 Å². The molecule has 0 aliphatic carbocycles. The summed E-state index contributed by atoms with van der Waals surface area (Å²) in [5.41, 5.74) is 10.2. The van der Waals surface area contributed by atoms with Gasteiger partial charge in [-0.25, -0.2) is 10.4 Å². The molecule has 6 bridgehead atoms. The number of hydrazine groups is 1. The first-order valence-corrected chi connectivity index (χ1v) is 21.8. The van der Waals surface area contributed by atoms with Crippen LogP contribution in [-0.4, -0.2) is 104 Å². The minimum atomic E-state index is -1.14. The molecule has 3 amide bonds. The molecule has 2 aliphatic heterocycles. The number of hydrogen-bond donors (Lipinski definition) is 4. The van der Waals surface area contributed by atoms with Crippen molar-refractivity contribution in [3.05, 3.63) is 89.8 Å². The van der Waals surface area contributed by atoms with Crippen LogP contribution in [0.3, 0.4) is 0 Å². The fourth-order valence-corrected chi connectivity index (χ4v) is 9.07. The number of carbonyl (C=O) groups is 4. The maximum Gasteiger partial charge on any atom is 0.324 e. The van der Waals surface area contributed by atoms with Gasteiger partial charge in [0.2, 0.25) is 11.8 Å². The highest BCUT2D eigenvalue weighted by molar-refractivity contribution is 5.96. The number of methoxy groups -OCH3 is 1. The molecule has 1 fully saturated rings. The summed E-state index contributed by atoms with van der Waals surface area (Å²) in [5.74, 6) is -2.05. The number of cyclic esters (lactones) is 1. The first-order valence-electron chi connectivity index (χ1n) is 21.8. The van der Waals surface area contributed by atoms with Crippen LogP contribution in [-0.2, 0) is 54.5 Å². The van der Waals surface area contributed by atoms with Crippen LogP contribution in [0.15, 0.2) is 67.3 Å². The average Bonchev–Trinajstić information content (AvgIpc) is 3.89. The Hall–Kier alpha value is -6.06. The Morgan fingerprint density at radius 1 is 1.11 bits per heavy atom. The van der Waals surface area contributed by atoms with Gasteiger partial charge in [-0.1, -0.05) is 39.8 Å². The Kier molecular flexibility index (Phi) is 13.4. The van der Waals surface area contributed by atoms with E-state index in [-0.39, 0.29) is 43.1 Å². The molecule has 2 aromatic carbocycles. The maximum atomic E-state index is 14.6. The number of H-pyrrole nitrogens is 1. The van der Waals surface area contributed by atoms with E-state index in [2.05, 4.69) is 64.2 Å². The van der Waals surface area contributed by atoms with E-state index < -0.39 is 41.3 Å². The second kappa shape index (κ2) is 18.7. The normalized spacial score (nSPS) is 19.0. The molecule has 15 heteroatoms. The minimum Gasteiger partial charge on any atom is -0.508 e. The number of hydrogen-bond acceptors (Lipinski definition) is 10. The van der Waals surface area contributed by atoms with Gasteiger partial charge in [0.15, 0.2) is 0 Å². The van der Waals surface area contributed by atoms with Crippen LogP contribution in [0.4, 0.5) is 0 Å². The lowest BCUT2D eigenvalue weighted by Crippen LogP contribution is -2.62. The van der Waals surface area contributed by atoms with E-state index in [1.807, 2.05) is 39.0 Å². The molecule has 334 valence electrons. The van der Waals surface area contributed by atoms with Gasteiger partial charge >= 0.3 is 5.97 Å². The predicted octanol–water partition coefficient (Wildman–Crippen LogP) is 5.90. The number of ether oxygens (including phenoxy) is 2. The quantitative estimate of drug-likeness (QED) is 0.123. The number of aromatic nitrogens is 4. The summed E-state index contributed by atoms with van der Waals surface area (Å²) in [6, 6.07) is 12.6. The molecule has 4 N–H and O–H groups in total. The van der Waals surface area contributed by atoms with E-state index in [1.54, 1.807) is 38.7 Å². The maximum absolute atomic E-state index is 14.6. The van der Waals surface area contributed by atoms with Crippen LogP contribution in [0.5, 0.6) is 5.75 Å². The van der Waals surface area contributed by atoms with Gasteiger partial charge in [-0.3, -0.25) is 29.2 Å². The third-order valence-corrected chi connectivity index (χ3v) is 12.3. The number of esters is 1. The molecule has 15 nitrogen and oxygen atoms in total. The van der Waals surface area contributed by atoms with E-state index in [0.717, 1.165) is 44.5 Å². The van der Waals surface area contributed by atoms with Gasteiger partial charge in [0.1, 0.15) is 23.9 Å². The highest BCUT2D eigenvalue weighted by Crippen LogP contribution is 2.42. The number of benzene rings is 2. The third kappa shape index (κ3) is 9.64. The number of fused-ring (bicyclic) bond motifs is 6. The van der Waals surface area contributed by atoms with Crippen LogP contribution in [0, 0.1) is 11.3 Å². The summed E-state index contributed by atoms with van der Waals surface area (Å²) in [6.45, 7) is 13.0. The summed E-state index contributed by atoms with van der Waals surface area (Å²) < 4.78 is 14.2. The smallest absolute Gasteiger partial charge is 0.324 e. The fraction of sp³-hybridized carbons (Fsp3) is 0.458. The number of aromatic amines is 1. The van der Waals surface area contributed by atoms with E-state index in [1.165, 1.54) is 16.2 Å². The molecular formula is C48H60N8O7. The number of nitrogens with zero attached hydrogens (tertiary/aromatic N) is 5. The van der Waals surface area contributed by atoms with Crippen molar-refractivity contribution in [3.8, 4) is 28.1 Å². The first kappa shape index (κ1) is 45.0. The lowest BCUT2D eigenvalue weighted by Gasteiger charge is -2.36. The van der Waals surface area contributed by atoms with Gasteiger partial charge in [-0.2, -0.15) is 0 Å². The number of amides is 3. The second-order valence-electron chi connectivity index (χ2n) is 18.0. The minimum absolute atomic E-state index is 0.000596. The largest absolute Gasteiger partial charge is 0.508 e. The Morgan fingerprint density at radius 2 is 1.90 bits per heavy atom. The zero-order valence-corrected chi connectivity index (χ0v) is 37.5. The second-order valence-corrected chi connectivity index (χ2v) is 18.0. The number of pyridine rings is 1. The number of imidazole rings is 1. The number of likely N-dealkylation sites (N-methyl/N-ethyl adjacent to an activating group) is 1. The summed E-state index contributed by atoms with van der Waals surface area (Å²) in [6.07, 6.45) is 6.10. The highest BCUT2D eigenvalue weighted by atomic mass is 16.5. The Labute approximate surface area is 368 Å². The summed E-state index contributed by atoms with van der Waals surface area (Å²) in [4.78, 5) is 69.4. The molecule has 1 unspecified atom stereocenters. The van der Waals surface area contributed by atoms with Crippen LogP contribution in [0.2, 0.25) is 0 Å². The lowest BCUT2D eigenvalue weighted by molar-refractivity contribution is -0.155. The van der Waals surface area contributed by atoms with E-state index in [0.29, 0.717) is 43.6 Å². The van der Waals surface area contributed by atoms with Crippen LogP contribution in [0.1, 0.15) is 83.0 Å². The van der Waals surface area contributed by atoms with E-state index in [9.17, 15) is 24.3 Å². The van der Waals surface area contributed by atoms with Crippen molar-refractivity contribution in [2.45, 2.75) is 104 Å². The summed E-state index contributed by atoms with van der Waals surface area (Å²) in [7, 11) is 3.25. The zero-order chi connectivity index (χ0) is 45.2. The van der Waals surface area contributed by atoms with Gasteiger partial charge in [0.05, 0.1) is 36.8 Å². The van der Waals surface area contributed by atoms with E-state index >= 15 is 0 Å². The van der Waals surface area contributed by atoms with Gasteiger partial charge in [-0.05, 0) is 97.7 Å². The van der Waals surface area contributed by atoms with Crippen molar-refractivity contribution < 1.29 is 33.8 Å². The molecule has 5 aromatic rings. The molecule has 4 atom stereocenters. The number of carbonyl (C=O) groups excluding carboxylic acids is 4. The fourth-order valence-electron chi connectivity index (χ4n) is 9.07. The van der Waals surface area contributed by atoms with Crippen LogP contribution in [0.25, 0.3) is 33.3 Å². The molecule has 1 saturated heterocycles. The topological polar surface area (TPSA) is 184 Å². The van der Waals surface area contributed by atoms with Crippen molar-refractivity contribution in [2.75, 3.05) is 27.3 Å². The number of aryl methyl sites for hydroxylation is 1. The average molecular weight is 861 g/mol. The number of aromatic hydroxyl groups is 1. The molecule has 63 heavy (non-hydrogen) atoms. The molecule has 2 aliphatic rings. The number of rotatable bonds is 10. The lowest BCUT2D eigenvalue weighted by atomic mass is 9.84. The van der Waals surface area contributed by atoms with Crippen LogP contribution >= 0.6 is 0 Å². The Balaban J connectivity index is 1.34. The number of phenols is 1. The predicted molar refractivity (Wildman–Crippen MR) is 239 cm³/mol.